The fourth-order valence-electron chi connectivity index (χ4n) is 3.37. The Morgan fingerprint density at radius 3 is 2.95 bits per heavy atom. The van der Waals surface area contributed by atoms with Crippen LogP contribution in [0.3, 0.4) is 0 Å². The Labute approximate surface area is 132 Å². The van der Waals surface area contributed by atoms with E-state index in [1.807, 2.05) is 6.07 Å². The summed E-state index contributed by atoms with van der Waals surface area (Å²) in [7, 11) is -1.28. The lowest BCUT2D eigenvalue weighted by Crippen LogP contribution is -2.40. The summed E-state index contributed by atoms with van der Waals surface area (Å²) in [5.41, 5.74) is 2.75. The van der Waals surface area contributed by atoms with Crippen LogP contribution in [0.5, 0.6) is 5.75 Å². The van der Waals surface area contributed by atoms with Crippen LogP contribution < -0.4 is 10.1 Å². The third-order valence-corrected chi connectivity index (χ3v) is 6.60. The minimum absolute atomic E-state index is 0.309. The van der Waals surface area contributed by atoms with Crippen molar-refractivity contribution in [1.29, 1.82) is 0 Å². The van der Waals surface area contributed by atoms with Gasteiger partial charge < -0.3 is 10.1 Å². The van der Waals surface area contributed by atoms with E-state index in [0.29, 0.717) is 24.9 Å². The van der Waals surface area contributed by atoms with Crippen LogP contribution in [0, 0.1) is 0 Å². The van der Waals surface area contributed by atoms with E-state index < -0.39 is 10.0 Å². The minimum Gasteiger partial charge on any atom is -0.497 e. The average Bonchev–Trinajstić information content (AvgIpc) is 2.85. The molecule has 122 valence electrons. The summed E-state index contributed by atoms with van der Waals surface area (Å²) in [5, 5.41) is 3.52. The van der Waals surface area contributed by atoms with Crippen LogP contribution in [-0.4, -0.2) is 51.3 Å². The first-order chi connectivity index (χ1) is 10.6. The van der Waals surface area contributed by atoms with Crippen molar-refractivity contribution < 1.29 is 13.2 Å². The number of fused-ring (bicyclic) bond motifs is 1. The summed E-state index contributed by atoms with van der Waals surface area (Å²) in [6, 6.07) is 6.71. The minimum atomic E-state index is -2.97. The highest BCUT2D eigenvalue weighted by Gasteiger charge is 2.27. The molecule has 1 atom stereocenters. The summed E-state index contributed by atoms with van der Waals surface area (Å²) in [5.74, 6) is 1.21. The zero-order valence-electron chi connectivity index (χ0n) is 13.0. The van der Waals surface area contributed by atoms with Crippen molar-refractivity contribution in [2.45, 2.75) is 31.7 Å². The molecule has 6 heteroatoms. The molecule has 5 nitrogen and oxygen atoms in total. The van der Waals surface area contributed by atoms with Gasteiger partial charge in [-0.05, 0) is 48.9 Å². The van der Waals surface area contributed by atoms with Crippen LogP contribution in [0.2, 0.25) is 0 Å². The number of nitrogens with zero attached hydrogens (tertiary/aromatic N) is 1. The highest BCUT2D eigenvalue weighted by Crippen LogP contribution is 2.25. The van der Waals surface area contributed by atoms with Crippen molar-refractivity contribution in [2.24, 2.45) is 0 Å². The van der Waals surface area contributed by atoms with Crippen LogP contribution in [0.15, 0.2) is 18.2 Å². The molecule has 0 spiro atoms. The fourth-order valence-corrected chi connectivity index (χ4v) is 4.90. The molecule has 0 aromatic heterocycles. The normalized spacial score (nSPS) is 24.1. The summed E-state index contributed by atoms with van der Waals surface area (Å²) in [6.07, 6.45) is 3.92. The van der Waals surface area contributed by atoms with Crippen LogP contribution in [0.1, 0.15) is 24.0 Å². The number of aryl methyl sites for hydroxylation is 1. The predicted molar refractivity (Wildman–Crippen MR) is 86.8 cm³/mol. The molecule has 1 aliphatic heterocycles. The van der Waals surface area contributed by atoms with Gasteiger partial charge in [0, 0.05) is 25.7 Å². The van der Waals surface area contributed by atoms with E-state index in [1.54, 1.807) is 11.4 Å². The van der Waals surface area contributed by atoms with E-state index in [-0.39, 0.29) is 0 Å². The summed E-state index contributed by atoms with van der Waals surface area (Å²) < 4.78 is 30.4. The first-order valence-corrected chi connectivity index (χ1v) is 9.56. The lowest BCUT2D eigenvalue weighted by atomic mass is 9.88. The van der Waals surface area contributed by atoms with Crippen molar-refractivity contribution in [3.8, 4) is 5.75 Å². The molecule has 1 saturated heterocycles. The molecule has 1 aliphatic carbocycles. The van der Waals surface area contributed by atoms with Gasteiger partial charge in [0.15, 0.2) is 0 Å². The molecule has 0 unspecified atom stereocenters. The number of benzene rings is 1. The van der Waals surface area contributed by atoms with E-state index >= 15 is 0 Å². The molecule has 0 radical (unpaired) electrons. The Morgan fingerprint density at radius 2 is 2.23 bits per heavy atom. The van der Waals surface area contributed by atoms with Crippen molar-refractivity contribution in [3.63, 3.8) is 0 Å². The van der Waals surface area contributed by atoms with Gasteiger partial charge in [0.25, 0.3) is 0 Å². The molecule has 1 aromatic rings. The predicted octanol–water partition coefficient (Wildman–Crippen LogP) is 1.18. The quantitative estimate of drug-likeness (QED) is 0.883. The maximum atomic E-state index is 11.8. The molecule has 22 heavy (non-hydrogen) atoms. The van der Waals surface area contributed by atoms with Gasteiger partial charge in [0.2, 0.25) is 10.0 Å². The van der Waals surface area contributed by atoms with Crippen LogP contribution in [0.4, 0.5) is 0 Å². The molecule has 0 saturated carbocycles. The Hall–Kier alpha value is -1.11. The molecular weight excluding hydrogens is 300 g/mol. The van der Waals surface area contributed by atoms with Gasteiger partial charge in [0.1, 0.15) is 5.75 Å². The molecule has 0 amide bonds. The number of rotatable bonds is 5. The molecule has 1 heterocycles. The summed E-state index contributed by atoms with van der Waals surface area (Å²) >= 11 is 0. The van der Waals surface area contributed by atoms with Gasteiger partial charge in [-0.3, -0.25) is 0 Å². The molecular formula is C16H24N2O3S. The average molecular weight is 324 g/mol. The lowest BCUT2D eigenvalue weighted by Gasteiger charge is -2.26. The Bertz CT molecular complexity index is 630. The molecule has 1 N–H and O–H groups in total. The van der Waals surface area contributed by atoms with E-state index in [0.717, 1.165) is 38.0 Å². The number of nitrogens with one attached hydrogen (secondary N) is 1. The fraction of sp³-hybridized carbons (Fsp3) is 0.625. The van der Waals surface area contributed by atoms with E-state index in [4.69, 9.17) is 4.74 Å². The highest BCUT2D eigenvalue weighted by atomic mass is 32.2. The lowest BCUT2D eigenvalue weighted by molar-refractivity contribution is 0.394. The molecule has 1 fully saturated rings. The Balaban J connectivity index is 1.52. The first kappa shape index (κ1) is 15.8. The highest BCUT2D eigenvalue weighted by molar-refractivity contribution is 7.89. The monoisotopic (exact) mass is 324 g/mol. The van der Waals surface area contributed by atoms with Crippen LogP contribution >= 0.6 is 0 Å². The topological polar surface area (TPSA) is 58.6 Å². The van der Waals surface area contributed by atoms with Gasteiger partial charge in [-0.1, -0.05) is 6.07 Å². The smallest absolute Gasteiger partial charge is 0.214 e. The number of ether oxygens (including phenoxy) is 1. The van der Waals surface area contributed by atoms with E-state index in [9.17, 15) is 8.42 Å². The summed E-state index contributed by atoms with van der Waals surface area (Å²) in [6.45, 7) is 1.99. The maximum Gasteiger partial charge on any atom is 0.214 e. The van der Waals surface area contributed by atoms with Gasteiger partial charge in [-0.2, -0.15) is 0 Å². The summed E-state index contributed by atoms with van der Waals surface area (Å²) in [4.78, 5) is 0. The van der Waals surface area contributed by atoms with Gasteiger partial charge in [-0.15, -0.1) is 0 Å². The molecule has 3 rings (SSSR count). The largest absolute Gasteiger partial charge is 0.497 e. The van der Waals surface area contributed by atoms with Crippen LogP contribution in [0.25, 0.3) is 0 Å². The number of methoxy groups -OCH3 is 1. The third kappa shape index (κ3) is 3.45. The van der Waals surface area contributed by atoms with Crippen molar-refractivity contribution in [3.05, 3.63) is 29.3 Å². The third-order valence-electron chi connectivity index (χ3n) is 4.64. The maximum absolute atomic E-state index is 11.8. The molecule has 1 aromatic carbocycles. The first-order valence-electron chi connectivity index (χ1n) is 7.95. The number of sulfonamides is 1. The standard InChI is InChI=1S/C16H24N2O3S/c1-21-16-6-4-13-3-5-15(11-14(13)12-16)17-7-9-18-8-2-10-22(18,19)20/h4,6,12,15,17H,2-3,5,7-11H2,1H3/t15-/m0/s1. The molecule has 0 bridgehead atoms. The van der Waals surface area contributed by atoms with Crippen molar-refractivity contribution in [1.82, 2.24) is 9.62 Å². The van der Waals surface area contributed by atoms with Gasteiger partial charge in [0.05, 0.1) is 12.9 Å². The number of hydrogen-bond acceptors (Lipinski definition) is 4. The van der Waals surface area contributed by atoms with E-state index in [2.05, 4.69) is 17.4 Å². The van der Waals surface area contributed by atoms with Crippen molar-refractivity contribution >= 4 is 10.0 Å². The second-order valence-electron chi connectivity index (χ2n) is 6.10. The van der Waals surface area contributed by atoms with Crippen LogP contribution in [-0.2, 0) is 22.9 Å². The van der Waals surface area contributed by atoms with Gasteiger partial charge >= 0.3 is 0 Å². The number of hydrogen-bond donors (Lipinski definition) is 1. The second-order valence-corrected chi connectivity index (χ2v) is 8.19. The zero-order valence-corrected chi connectivity index (χ0v) is 13.9. The van der Waals surface area contributed by atoms with Gasteiger partial charge in [-0.25, -0.2) is 12.7 Å². The SMILES string of the molecule is COc1ccc2c(c1)C[C@@H](NCCN1CCCS1(=O)=O)CC2. The van der Waals surface area contributed by atoms with E-state index in [1.165, 1.54) is 11.1 Å². The Kier molecular flexibility index (Phi) is 4.70. The Morgan fingerprint density at radius 1 is 1.36 bits per heavy atom. The van der Waals surface area contributed by atoms with Crippen molar-refractivity contribution in [2.75, 3.05) is 32.5 Å². The zero-order chi connectivity index (χ0) is 15.6. The molecule has 2 aliphatic rings. The second kappa shape index (κ2) is 6.56.